The SMILES string of the molecule is N#Cc1ncn(Cc2nc3ccccc3c(=O)n2CC(N)=O)n1. The number of nitrogens with two attached hydrogens (primary N) is 1. The van der Waals surface area contributed by atoms with Gasteiger partial charge in [-0.25, -0.2) is 14.6 Å². The molecule has 9 heteroatoms. The van der Waals surface area contributed by atoms with Gasteiger partial charge in [-0.15, -0.1) is 5.10 Å². The summed E-state index contributed by atoms with van der Waals surface area (Å²) in [6, 6.07) is 8.64. The Kier molecular flexibility index (Phi) is 3.56. The van der Waals surface area contributed by atoms with Gasteiger partial charge in [0.05, 0.1) is 10.9 Å². The van der Waals surface area contributed by atoms with Crippen LogP contribution in [0.3, 0.4) is 0 Å². The molecule has 0 radical (unpaired) electrons. The normalized spacial score (nSPS) is 10.6. The van der Waals surface area contributed by atoms with Gasteiger partial charge in [0, 0.05) is 0 Å². The van der Waals surface area contributed by atoms with Gasteiger partial charge in [0.25, 0.3) is 11.4 Å². The molecule has 2 aromatic heterocycles. The summed E-state index contributed by atoms with van der Waals surface area (Å²) in [4.78, 5) is 32.0. The third-order valence-corrected chi connectivity index (χ3v) is 3.19. The summed E-state index contributed by atoms with van der Waals surface area (Å²) in [5.74, 6) is -0.335. The highest BCUT2D eigenvalue weighted by atomic mass is 16.2. The number of carbonyl (C=O) groups is 1. The maximum absolute atomic E-state index is 12.6. The molecule has 2 N–H and O–H groups in total. The molecule has 23 heavy (non-hydrogen) atoms. The van der Waals surface area contributed by atoms with Gasteiger partial charge in [0.15, 0.2) is 0 Å². The molecule has 0 aliphatic rings. The molecule has 0 atom stereocenters. The Morgan fingerprint density at radius 3 is 2.83 bits per heavy atom. The van der Waals surface area contributed by atoms with Crippen LogP contribution in [0.15, 0.2) is 35.4 Å². The molecule has 0 spiro atoms. The Bertz CT molecular complexity index is 996. The Morgan fingerprint density at radius 1 is 1.35 bits per heavy atom. The minimum atomic E-state index is -0.651. The topological polar surface area (TPSA) is 132 Å². The Hall–Kier alpha value is -3.54. The van der Waals surface area contributed by atoms with Gasteiger partial charge < -0.3 is 5.73 Å². The zero-order chi connectivity index (χ0) is 16.4. The molecule has 3 rings (SSSR count). The minimum absolute atomic E-state index is 0.00888. The summed E-state index contributed by atoms with van der Waals surface area (Å²) in [5.41, 5.74) is 5.37. The molecule has 0 unspecified atom stereocenters. The largest absolute Gasteiger partial charge is 0.368 e. The summed E-state index contributed by atoms with van der Waals surface area (Å²) < 4.78 is 2.57. The number of hydrogen-bond acceptors (Lipinski definition) is 6. The Balaban J connectivity index is 2.15. The average Bonchev–Trinajstić information content (AvgIpc) is 2.98. The highest BCUT2D eigenvalue weighted by Gasteiger charge is 2.13. The van der Waals surface area contributed by atoms with Crippen molar-refractivity contribution in [2.75, 3.05) is 0 Å². The molecule has 1 aromatic carbocycles. The molecule has 0 aliphatic carbocycles. The number of nitrogens with zero attached hydrogens (tertiary/aromatic N) is 6. The number of para-hydroxylation sites is 1. The van der Waals surface area contributed by atoms with Crippen molar-refractivity contribution in [1.29, 1.82) is 5.26 Å². The van der Waals surface area contributed by atoms with Gasteiger partial charge in [0.1, 0.15) is 31.3 Å². The molecular weight excluding hydrogens is 298 g/mol. The van der Waals surface area contributed by atoms with E-state index in [0.29, 0.717) is 16.7 Å². The highest BCUT2D eigenvalue weighted by molar-refractivity contribution is 5.78. The number of nitriles is 1. The number of aromatic nitrogens is 5. The van der Waals surface area contributed by atoms with Crippen molar-refractivity contribution >= 4 is 16.8 Å². The van der Waals surface area contributed by atoms with Gasteiger partial charge >= 0.3 is 0 Å². The van der Waals surface area contributed by atoms with E-state index in [1.54, 1.807) is 24.3 Å². The predicted octanol–water partition coefficient (Wildman–Crippen LogP) is -0.607. The Morgan fingerprint density at radius 2 is 2.13 bits per heavy atom. The van der Waals surface area contributed by atoms with Crippen LogP contribution in [0.5, 0.6) is 0 Å². The summed E-state index contributed by atoms with van der Waals surface area (Å²) in [6.45, 7) is -0.201. The van der Waals surface area contributed by atoms with Gasteiger partial charge in [-0.1, -0.05) is 12.1 Å². The van der Waals surface area contributed by atoms with Crippen molar-refractivity contribution in [3.63, 3.8) is 0 Å². The first-order chi connectivity index (χ1) is 11.1. The molecular formula is C14H11N7O2. The minimum Gasteiger partial charge on any atom is -0.368 e. The van der Waals surface area contributed by atoms with Crippen LogP contribution in [0, 0.1) is 11.3 Å². The van der Waals surface area contributed by atoms with Gasteiger partial charge in [-0.3, -0.25) is 14.2 Å². The van der Waals surface area contributed by atoms with Crippen LogP contribution in [-0.4, -0.2) is 30.2 Å². The second-order valence-corrected chi connectivity index (χ2v) is 4.78. The number of hydrogen-bond donors (Lipinski definition) is 1. The van der Waals surface area contributed by atoms with Crippen molar-refractivity contribution < 1.29 is 4.79 Å². The van der Waals surface area contributed by atoms with Gasteiger partial charge in [0.2, 0.25) is 5.91 Å². The molecule has 0 aliphatic heterocycles. The number of benzene rings is 1. The third kappa shape index (κ3) is 2.77. The van der Waals surface area contributed by atoms with Crippen LogP contribution in [0.2, 0.25) is 0 Å². The van der Waals surface area contributed by atoms with E-state index in [-0.39, 0.29) is 24.5 Å². The molecule has 2 heterocycles. The lowest BCUT2D eigenvalue weighted by molar-refractivity contribution is -0.118. The van der Waals surface area contributed by atoms with Crippen molar-refractivity contribution in [2.24, 2.45) is 5.73 Å². The molecule has 1 amide bonds. The third-order valence-electron chi connectivity index (χ3n) is 3.19. The molecule has 9 nitrogen and oxygen atoms in total. The second-order valence-electron chi connectivity index (χ2n) is 4.78. The molecule has 3 aromatic rings. The van der Waals surface area contributed by atoms with Crippen LogP contribution >= 0.6 is 0 Å². The summed E-state index contributed by atoms with van der Waals surface area (Å²) >= 11 is 0. The monoisotopic (exact) mass is 309 g/mol. The first-order valence-corrected chi connectivity index (χ1v) is 6.65. The number of fused-ring (bicyclic) bond motifs is 1. The quantitative estimate of drug-likeness (QED) is 0.683. The first-order valence-electron chi connectivity index (χ1n) is 6.65. The maximum Gasteiger partial charge on any atom is 0.261 e. The lowest BCUT2D eigenvalue weighted by Crippen LogP contribution is -2.32. The fourth-order valence-electron chi connectivity index (χ4n) is 2.22. The van der Waals surface area contributed by atoms with Crippen LogP contribution in [0.25, 0.3) is 10.9 Å². The standard InChI is InChI=1S/C14H11N7O2/c15-5-12-17-8-20(19-12)7-13-18-10-4-2-1-3-9(10)14(23)21(13)6-11(16)22/h1-4,8H,6-7H2,(H2,16,22). The maximum atomic E-state index is 12.6. The molecule has 0 fully saturated rings. The molecule has 0 saturated heterocycles. The lowest BCUT2D eigenvalue weighted by atomic mass is 10.2. The zero-order valence-corrected chi connectivity index (χ0v) is 11.9. The van der Waals surface area contributed by atoms with Crippen LogP contribution in [-0.2, 0) is 17.9 Å². The van der Waals surface area contributed by atoms with Crippen molar-refractivity contribution in [3.8, 4) is 6.07 Å². The summed E-state index contributed by atoms with van der Waals surface area (Å²) in [5, 5.41) is 13.1. The van der Waals surface area contributed by atoms with E-state index < -0.39 is 5.91 Å². The Labute approximate surface area is 129 Å². The van der Waals surface area contributed by atoms with Crippen molar-refractivity contribution in [3.05, 3.63) is 52.6 Å². The number of carbonyl (C=O) groups excluding carboxylic acids is 1. The van der Waals surface area contributed by atoms with Gasteiger partial charge in [-0.05, 0) is 12.1 Å². The predicted molar refractivity (Wildman–Crippen MR) is 79.0 cm³/mol. The molecule has 0 bridgehead atoms. The highest BCUT2D eigenvalue weighted by Crippen LogP contribution is 2.09. The smallest absolute Gasteiger partial charge is 0.261 e. The number of primary amides is 1. The fraction of sp³-hybridized carbons (Fsp3) is 0.143. The van der Waals surface area contributed by atoms with E-state index in [0.717, 1.165) is 0 Å². The first kappa shape index (κ1) is 14.4. The zero-order valence-electron chi connectivity index (χ0n) is 11.9. The van der Waals surface area contributed by atoms with Crippen molar-refractivity contribution in [2.45, 2.75) is 13.1 Å². The molecule has 114 valence electrons. The lowest BCUT2D eigenvalue weighted by Gasteiger charge is -2.11. The van der Waals surface area contributed by atoms with Crippen LogP contribution < -0.4 is 11.3 Å². The van der Waals surface area contributed by atoms with E-state index in [9.17, 15) is 9.59 Å². The summed E-state index contributed by atoms with van der Waals surface area (Å²) in [6.07, 6.45) is 1.36. The van der Waals surface area contributed by atoms with E-state index in [1.165, 1.54) is 15.6 Å². The van der Waals surface area contributed by atoms with E-state index in [2.05, 4.69) is 15.1 Å². The number of amides is 1. The van der Waals surface area contributed by atoms with Crippen LogP contribution in [0.1, 0.15) is 11.6 Å². The van der Waals surface area contributed by atoms with E-state index in [1.807, 2.05) is 6.07 Å². The van der Waals surface area contributed by atoms with E-state index >= 15 is 0 Å². The molecule has 0 saturated carbocycles. The van der Waals surface area contributed by atoms with Crippen molar-refractivity contribution in [1.82, 2.24) is 24.3 Å². The fourth-order valence-corrected chi connectivity index (χ4v) is 2.22. The average molecular weight is 309 g/mol. The second kappa shape index (κ2) is 5.69. The van der Waals surface area contributed by atoms with Crippen LogP contribution in [0.4, 0.5) is 0 Å². The van der Waals surface area contributed by atoms with Gasteiger partial charge in [-0.2, -0.15) is 5.26 Å². The summed E-state index contributed by atoms with van der Waals surface area (Å²) in [7, 11) is 0. The van der Waals surface area contributed by atoms with E-state index in [4.69, 9.17) is 11.0 Å². The number of rotatable bonds is 4.